The van der Waals surface area contributed by atoms with Crippen molar-refractivity contribution in [1.29, 1.82) is 0 Å². The molecule has 0 bridgehead atoms. The van der Waals surface area contributed by atoms with Gasteiger partial charge >= 0.3 is 0 Å². The molecule has 1 unspecified atom stereocenters. The Morgan fingerprint density at radius 3 is 2.43 bits per heavy atom. The molecule has 0 saturated heterocycles. The van der Waals surface area contributed by atoms with Gasteiger partial charge in [-0.3, -0.25) is 0 Å². The minimum atomic E-state index is 0.637. The van der Waals surface area contributed by atoms with Crippen LogP contribution >= 0.6 is 0 Å². The number of hydrogen-bond donors (Lipinski definition) is 1. The van der Waals surface area contributed by atoms with Crippen LogP contribution in [0.15, 0.2) is 0 Å². The van der Waals surface area contributed by atoms with E-state index in [4.69, 9.17) is 0 Å². The summed E-state index contributed by atoms with van der Waals surface area (Å²) in [5.74, 6) is 0. The van der Waals surface area contributed by atoms with Crippen LogP contribution < -0.4 is 5.32 Å². The monoisotopic (exact) mass is 100 g/mol. The molecule has 0 amide bonds. The fourth-order valence-electron chi connectivity index (χ4n) is 0.451. The minimum Gasteiger partial charge on any atom is -0.317 e. The molecule has 1 radical (unpaired) electrons. The molecule has 0 aromatic carbocycles. The van der Waals surface area contributed by atoms with Crippen molar-refractivity contribution in [2.75, 3.05) is 7.05 Å². The van der Waals surface area contributed by atoms with Crippen LogP contribution in [0.2, 0.25) is 0 Å². The minimum absolute atomic E-state index is 0.637. The molecule has 0 saturated carbocycles. The van der Waals surface area contributed by atoms with Gasteiger partial charge in [0.05, 0.1) is 0 Å². The zero-order valence-corrected chi connectivity index (χ0v) is 5.20. The first-order chi connectivity index (χ1) is 3.31. The average Bonchev–Trinajstić information content (AvgIpc) is 1.68. The number of rotatable bonds is 3. The summed E-state index contributed by atoms with van der Waals surface area (Å²) in [5, 5.41) is 3.13. The van der Waals surface area contributed by atoms with Gasteiger partial charge in [0.25, 0.3) is 0 Å². The highest BCUT2D eigenvalue weighted by molar-refractivity contribution is 4.56. The molecule has 7 heavy (non-hydrogen) atoms. The molecule has 1 atom stereocenters. The molecule has 0 aromatic heterocycles. The Hall–Kier alpha value is -0.0400. The molecule has 0 aliphatic heterocycles. The maximum Gasteiger partial charge on any atom is 0.00357 e. The Labute approximate surface area is 46.1 Å². The standard InChI is InChI=1S/C6H14N/c1-4-5-6(2)7-3/h6-7H,1,4-5H2,2-3H3. The van der Waals surface area contributed by atoms with Gasteiger partial charge in [-0.25, -0.2) is 0 Å². The van der Waals surface area contributed by atoms with Crippen molar-refractivity contribution < 1.29 is 0 Å². The van der Waals surface area contributed by atoms with E-state index in [2.05, 4.69) is 19.2 Å². The van der Waals surface area contributed by atoms with Gasteiger partial charge in [-0.2, -0.15) is 0 Å². The zero-order chi connectivity index (χ0) is 5.70. The molecule has 0 rings (SSSR count). The van der Waals surface area contributed by atoms with Crippen LogP contribution in [-0.4, -0.2) is 13.1 Å². The topological polar surface area (TPSA) is 12.0 Å². The van der Waals surface area contributed by atoms with Gasteiger partial charge in [-0.05, 0) is 20.4 Å². The maximum absolute atomic E-state index is 3.73. The zero-order valence-electron chi connectivity index (χ0n) is 5.20. The lowest BCUT2D eigenvalue weighted by Gasteiger charge is -2.05. The number of nitrogens with one attached hydrogen (secondary N) is 1. The maximum atomic E-state index is 3.73. The van der Waals surface area contributed by atoms with Gasteiger partial charge in [-0.1, -0.05) is 13.3 Å². The van der Waals surface area contributed by atoms with Crippen molar-refractivity contribution in [3.63, 3.8) is 0 Å². The van der Waals surface area contributed by atoms with Crippen molar-refractivity contribution in [3.8, 4) is 0 Å². The summed E-state index contributed by atoms with van der Waals surface area (Å²) in [6.45, 7) is 5.89. The quantitative estimate of drug-likeness (QED) is 0.562. The first-order valence-electron chi connectivity index (χ1n) is 2.77. The van der Waals surface area contributed by atoms with Gasteiger partial charge < -0.3 is 5.32 Å². The second-order valence-corrected chi connectivity index (χ2v) is 1.83. The van der Waals surface area contributed by atoms with E-state index >= 15 is 0 Å². The van der Waals surface area contributed by atoms with Crippen LogP contribution in [0.4, 0.5) is 0 Å². The Balaban J connectivity index is 2.83. The fraction of sp³-hybridized carbons (Fsp3) is 0.833. The average molecular weight is 100 g/mol. The molecule has 1 nitrogen and oxygen atoms in total. The normalized spacial score (nSPS) is 14.1. The van der Waals surface area contributed by atoms with Gasteiger partial charge in [0.15, 0.2) is 0 Å². The van der Waals surface area contributed by atoms with E-state index < -0.39 is 0 Å². The lowest BCUT2D eigenvalue weighted by molar-refractivity contribution is 0.570. The van der Waals surface area contributed by atoms with E-state index in [1.807, 2.05) is 7.05 Å². The second-order valence-electron chi connectivity index (χ2n) is 1.83. The summed E-state index contributed by atoms with van der Waals surface area (Å²) in [5.41, 5.74) is 0. The largest absolute Gasteiger partial charge is 0.317 e. The highest BCUT2D eigenvalue weighted by Crippen LogP contribution is 1.91. The molecule has 1 heteroatoms. The molecule has 0 aliphatic carbocycles. The van der Waals surface area contributed by atoms with E-state index in [9.17, 15) is 0 Å². The molecule has 0 aliphatic rings. The third kappa shape index (κ3) is 3.80. The van der Waals surface area contributed by atoms with E-state index in [0.29, 0.717) is 6.04 Å². The van der Waals surface area contributed by atoms with Gasteiger partial charge in [-0.15, -0.1) is 0 Å². The van der Waals surface area contributed by atoms with Crippen LogP contribution in [-0.2, 0) is 0 Å². The lowest BCUT2D eigenvalue weighted by atomic mass is 10.2. The summed E-state index contributed by atoms with van der Waals surface area (Å²) in [4.78, 5) is 0. The molecule has 1 N–H and O–H groups in total. The Morgan fingerprint density at radius 1 is 1.71 bits per heavy atom. The van der Waals surface area contributed by atoms with Gasteiger partial charge in [0.2, 0.25) is 0 Å². The summed E-state index contributed by atoms with van der Waals surface area (Å²) in [6, 6.07) is 0.637. The molecule has 0 spiro atoms. The SMILES string of the molecule is [CH2]CCC(C)NC. The molecular formula is C6H14N. The summed E-state index contributed by atoms with van der Waals surface area (Å²) >= 11 is 0. The van der Waals surface area contributed by atoms with Crippen molar-refractivity contribution in [2.45, 2.75) is 25.8 Å². The predicted octanol–water partition coefficient (Wildman–Crippen LogP) is 1.21. The molecule has 0 heterocycles. The van der Waals surface area contributed by atoms with Crippen molar-refractivity contribution in [1.82, 2.24) is 5.32 Å². The van der Waals surface area contributed by atoms with Crippen LogP contribution in [0.1, 0.15) is 19.8 Å². The summed E-state index contributed by atoms with van der Waals surface area (Å²) < 4.78 is 0. The van der Waals surface area contributed by atoms with Crippen LogP contribution in [0.25, 0.3) is 0 Å². The number of hydrogen-bond acceptors (Lipinski definition) is 1. The first kappa shape index (κ1) is 6.96. The van der Waals surface area contributed by atoms with Crippen LogP contribution in [0.5, 0.6) is 0 Å². The predicted molar refractivity (Wildman–Crippen MR) is 33.1 cm³/mol. The Kier molecular flexibility index (Phi) is 4.10. The fourth-order valence-corrected chi connectivity index (χ4v) is 0.451. The van der Waals surface area contributed by atoms with Crippen LogP contribution in [0, 0.1) is 6.92 Å². The Morgan fingerprint density at radius 2 is 2.29 bits per heavy atom. The van der Waals surface area contributed by atoms with Crippen molar-refractivity contribution in [3.05, 3.63) is 6.92 Å². The summed E-state index contributed by atoms with van der Waals surface area (Å²) in [6.07, 6.45) is 2.21. The van der Waals surface area contributed by atoms with Crippen LogP contribution in [0.3, 0.4) is 0 Å². The van der Waals surface area contributed by atoms with E-state index in [1.165, 1.54) is 6.42 Å². The van der Waals surface area contributed by atoms with Gasteiger partial charge in [0, 0.05) is 6.04 Å². The van der Waals surface area contributed by atoms with Crippen molar-refractivity contribution in [2.24, 2.45) is 0 Å². The third-order valence-corrected chi connectivity index (χ3v) is 1.13. The Bertz CT molecular complexity index is 35.2. The van der Waals surface area contributed by atoms with E-state index in [0.717, 1.165) is 6.42 Å². The summed E-state index contributed by atoms with van der Waals surface area (Å²) in [7, 11) is 1.97. The molecule has 0 fully saturated rings. The first-order valence-corrected chi connectivity index (χ1v) is 2.77. The highest BCUT2D eigenvalue weighted by atomic mass is 14.8. The second kappa shape index (κ2) is 4.13. The van der Waals surface area contributed by atoms with E-state index in [-0.39, 0.29) is 0 Å². The van der Waals surface area contributed by atoms with Crippen molar-refractivity contribution >= 4 is 0 Å². The lowest BCUT2D eigenvalue weighted by Crippen LogP contribution is -2.20. The third-order valence-electron chi connectivity index (χ3n) is 1.13. The highest BCUT2D eigenvalue weighted by Gasteiger charge is 1.91. The smallest absolute Gasteiger partial charge is 0.00357 e. The molecule has 43 valence electrons. The molecule has 0 aromatic rings. The van der Waals surface area contributed by atoms with E-state index in [1.54, 1.807) is 0 Å². The molecular weight excluding hydrogens is 86.1 g/mol. The van der Waals surface area contributed by atoms with Gasteiger partial charge in [0.1, 0.15) is 0 Å².